The van der Waals surface area contributed by atoms with Gasteiger partial charge >= 0.3 is 0 Å². The van der Waals surface area contributed by atoms with E-state index in [2.05, 4.69) is 23.3 Å². The highest BCUT2D eigenvalue weighted by molar-refractivity contribution is 7.19. The summed E-state index contributed by atoms with van der Waals surface area (Å²) in [4.78, 5) is 19.2. The molecule has 0 saturated carbocycles. The van der Waals surface area contributed by atoms with Gasteiger partial charge in [-0.3, -0.25) is 4.79 Å². The van der Waals surface area contributed by atoms with Crippen molar-refractivity contribution in [3.05, 3.63) is 51.8 Å². The van der Waals surface area contributed by atoms with E-state index in [1.54, 1.807) is 24.3 Å². The summed E-state index contributed by atoms with van der Waals surface area (Å²) in [6, 6.07) is 6.40. The van der Waals surface area contributed by atoms with Gasteiger partial charge < -0.3 is 15.2 Å². The molecule has 0 unspecified atom stereocenters. The Morgan fingerprint density at radius 2 is 2.04 bits per heavy atom. The first-order valence-corrected chi connectivity index (χ1v) is 8.50. The van der Waals surface area contributed by atoms with Crippen LogP contribution in [0, 0.1) is 19.7 Å². The quantitative estimate of drug-likeness (QED) is 0.741. The Hall–Kier alpha value is -2.18. The fraction of sp³-hybridized carbons (Fsp3) is 0.278. The molecule has 6 heteroatoms. The van der Waals surface area contributed by atoms with E-state index in [0.717, 1.165) is 15.8 Å². The Kier molecular flexibility index (Phi) is 4.43. The Labute approximate surface area is 144 Å². The fourth-order valence-corrected chi connectivity index (χ4v) is 3.78. The van der Waals surface area contributed by atoms with Crippen molar-refractivity contribution in [2.24, 2.45) is 0 Å². The Morgan fingerprint density at radius 1 is 1.29 bits per heavy atom. The first kappa shape index (κ1) is 16.7. The van der Waals surface area contributed by atoms with Gasteiger partial charge in [-0.2, -0.15) is 0 Å². The third-order valence-corrected chi connectivity index (χ3v) is 4.94. The number of hydrogen-bond donors (Lipinski definition) is 2. The Balaban J connectivity index is 1.98. The van der Waals surface area contributed by atoms with Crippen molar-refractivity contribution < 1.29 is 9.18 Å². The number of benzene rings is 1. The number of nitrogens with zero attached hydrogens (tertiary/aromatic N) is 1. The van der Waals surface area contributed by atoms with E-state index in [1.807, 2.05) is 19.0 Å². The number of carbonyl (C=O) groups is 1. The van der Waals surface area contributed by atoms with E-state index >= 15 is 0 Å². The van der Waals surface area contributed by atoms with Gasteiger partial charge in [0.2, 0.25) is 0 Å². The van der Waals surface area contributed by atoms with E-state index in [4.69, 9.17) is 0 Å². The van der Waals surface area contributed by atoms with Gasteiger partial charge in [0, 0.05) is 22.7 Å². The summed E-state index contributed by atoms with van der Waals surface area (Å²) in [6.07, 6.45) is 0. The number of amides is 1. The van der Waals surface area contributed by atoms with E-state index in [1.165, 1.54) is 17.0 Å². The van der Waals surface area contributed by atoms with Crippen molar-refractivity contribution in [2.75, 3.05) is 19.4 Å². The lowest BCUT2D eigenvalue weighted by molar-refractivity contribution is 0.102. The van der Waals surface area contributed by atoms with Gasteiger partial charge in [0.1, 0.15) is 11.5 Å². The van der Waals surface area contributed by atoms with Crippen molar-refractivity contribution in [1.29, 1.82) is 0 Å². The van der Waals surface area contributed by atoms with Crippen LogP contribution in [0.5, 0.6) is 0 Å². The molecule has 0 saturated heterocycles. The summed E-state index contributed by atoms with van der Waals surface area (Å²) in [7, 11) is 3.95. The van der Waals surface area contributed by atoms with Crippen molar-refractivity contribution >= 4 is 33.1 Å². The summed E-state index contributed by atoms with van der Waals surface area (Å²) in [5.41, 5.74) is 3.85. The van der Waals surface area contributed by atoms with Crippen LogP contribution in [0.3, 0.4) is 0 Å². The first-order valence-electron chi connectivity index (χ1n) is 7.68. The maximum atomic E-state index is 13.2. The van der Waals surface area contributed by atoms with Gasteiger partial charge in [-0.25, -0.2) is 4.39 Å². The number of fused-ring (bicyclic) bond motifs is 1. The monoisotopic (exact) mass is 345 g/mol. The van der Waals surface area contributed by atoms with Crippen LogP contribution in [-0.4, -0.2) is 29.9 Å². The number of aromatic amines is 1. The highest BCUT2D eigenvalue weighted by Gasteiger charge is 2.20. The van der Waals surface area contributed by atoms with Gasteiger partial charge in [0.15, 0.2) is 0 Å². The lowest BCUT2D eigenvalue weighted by Gasteiger charge is -2.12. The normalized spacial score (nSPS) is 11.4. The second-order valence-corrected chi connectivity index (χ2v) is 7.49. The molecule has 126 valence electrons. The van der Waals surface area contributed by atoms with Gasteiger partial charge in [-0.05, 0) is 57.8 Å². The minimum Gasteiger partial charge on any atom is -0.350 e. The van der Waals surface area contributed by atoms with Gasteiger partial charge in [0.05, 0.1) is 10.2 Å². The number of carbonyl (C=O) groups excluding carboxylic acids is 1. The van der Waals surface area contributed by atoms with E-state index in [-0.39, 0.29) is 11.7 Å². The largest absolute Gasteiger partial charge is 0.350 e. The molecule has 2 aromatic heterocycles. The zero-order chi connectivity index (χ0) is 17.4. The van der Waals surface area contributed by atoms with Crippen LogP contribution >= 0.6 is 11.3 Å². The highest BCUT2D eigenvalue weighted by atomic mass is 32.1. The van der Waals surface area contributed by atoms with Crippen LogP contribution in [0.2, 0.25) is 0 Å². The van der Waals surface area contributed by atoms with Gasteiger partial charge in [-0.15, -0.1) is 11.3 Å². The second-order valence-electron chi connectivity index (χ2n) is 6.23. The number of aromatic nitrogens is 1. The summed E-state index contributed by atoms with van der Waals surface area (Å²) >= 11 is 1.68. The molecule has 2 heterocycles. The Morgan fingerprint density at radius 3 is 2.71 bits per heavy atom. The summed E-state index contributed by atoms with van der Waals surface area (Å²) in [6.45, 7) is 4.50. The smallest absolute Gasteiger partial charge is 0.272 e. The van der Waals surface area contributed by atoms with E-state index in [0.29, 0.717) is 23.5 Å². The van der Waals surface area contributed by atoms with Crippen LogP contribution in [-0.2, 0) is 6.54 Å². The number of rotatable bonds is 4. The molecule has 1 amide bonds. The van der Waals surface area contributed by atoms with Crippen LogP contribution < -0.4 is 5.32 Å². The van der Waals surface area contributed by atoms with Gasteiger partial charge in [0.25, 0.3) is 5.91 Å². The van der Waals surface area contributed by atoms with Crippen molar-refractivity contribution in [1.82, 2.24) is 9.88 Å². The molecule has 1 aromatic carbocycles. The molecule has 24 heavy (non-hydrogen) atoms. The molecule has 0 aliphatic heterocycles. The lowest BCUT2D eigenvalue weighted by Crippen LogP contribution is -2.18. The first-order chi connectivity index (χ1) is 11.3. The van der Waals surface area contributed by atoms with E-state index < -0.39 is 0 Å². The predicted octanol–water partition coefficient (Wildman–Crippen LogP) is 4.30. The van der Waals surface area contributed by atoms with Crippen molar-refractivity contribution in [2.45, 2.75) is 20.4 Å². The summed E-state index contributed by atoms with van der Waals surface area (Å²) in [5.74, 6) is -0.516. The molecule has 0 spiro atoms. The van der Waals surface area contributed by atoms with Crippen molar-refractivity contribution in [3.8, 4) is 0 Å². The predicted molar refractivity (Wildman–Crippen MR) is 97.4 cm³/mol. The number of hydrogen-bond acceptors (Lipinski definition) is 3. The van der Waals surface area contributed by atoms with Crippen molar-refractivity contribution in [3.63, 3.8) is 0 Å². The van der Waals surface area contributed by atoms with Crippen LogP contribution in [0.15, 0.2) is 24.3 Å². The maximum Gasteiger partial charge on any atom is 0.272 e. The minimum absolute atomic E-state index is 0.206. The molecule has 0 atom stereocenters. The number of nitrogens with one attached hydrogen (secondary N) is 2. The molecule has 3 rings (SSSR count). The topological polar surface area (TPSA) is 48.1 Å². The molecule has 0 radical (unpaired) electrons. The molecular weight excluding hydrogens is 325 g/mol. The maximum absolute atomic E-state index is 13.2. The lowest BCUT2D eigenvalue weighted by atomic mass is 10.1. The molecule has 0 fully saturated rings. The third-order valence-electron chi connectivity index (χ3n) is 3.83. The molecule has 2 N–H and O–H groups in total. The van der Waals surface area contributed by atoms with E-state index in [9.17, 15) is 9.18 Å². The van der Waals surface area contributed by atoms with Crippen LogP contribution in [0.4, 0.5) is 10.1 Å². The fourth-order valence-electron chi connectivity index (χ4n) is 2.77. The number of thiophene rings is 1. The highest BCUT2D eigenvalue weighted by Crippen LogP contribution is 2.32. The zero-order valence-electron chi connectivity index (χ0n) is 14.2. The zero-order valence-corrected chi connectivity index (χ0v) is 15.0. The molecule has 0 aliphatic carbocycles. The number of halogens is 1. The standard InChI is InChI=1S/C18H20FN3OS/c1-10-7-12(19)5-6-14(10)21-18(23)16-13(9-22(3)4)17-15(20-16)8-11(2)24-17/h5-8,20H,9H2,1-4H3,(H,21,23). The Bertz CT molecular complexity index is 911. The number of H-pyrrole nitrogens is 1. The molecule has 0 bridgehead atoms. The average molecular weight is 345 g/mol. The molecule has 3 aromatic rings. The summed E-state index contributed by atoms with van der Waals surface area (Å²) in [5, 5.41) is 2.88. The minimum atomic E-state index is -0.311. The number of aryl methyl sites for hydroxylation is 2. The molecular formula is C18H20FN3OS. The average Bonchev–Trinajstić information content (AvgIpc) is 2.99. The molecule has 4 nitrogen and oxygen atoms in total. The second kappa shape index (κ2) is 6.37. The summed E-state index contributed by atoms with van der Waals surface area (Å²) < 4.78 is 14.3. The molecule has 0 aliphatic rings. The third kappa shape index (κ3) is 3.20. The van der Waals surface area contributed by atoms with Gasteiger partial charge in [-0.1, -0.05) is 0 Å². The van der Waals surface area contributed by atoms with Crippen LogP contribution in [0.25, 0.3) is 10.2 Å². The SMILES string of the molecule is Cc1cc2[nH]c(C(=O)Nc3ccc(F)cc3C)c(CN(C)C)c2s1. The van der Waals surface area contributed by atoms with Crippen LogP contribution in [0.1, 0.15) is 26.5 Å². The number of anilines is 1.